The average Bonchev–Trinajstić information content (AvgIpc) is 2.38. The average molecular weight is 269 g/mol. The van der Waals surface area contributed by atoms with Gasteiger partial charge in [-0.2, -0.15) is 11.8 Å². The summed E-state index contributed by atoms with van der Waals surface area (Å²) in [6.45, 7) is 2.46. The van der Waals surface area contributed by atoms with Crippen LogP contribution in [0.4, 0.5) is 5.69 Å². The molecule has 3 N–H and O–H groups in total. The summed E-state index contributed by atoms with van der Waals surface area (Å²) in [4.78, 5) is 15.8. The molecular weight excluding hydrogens is 250 g/mol. The number of nitrogens with zero attached hydrogens (tertiary/aromatic N) is 1. The van der Waals surface area contributed by atoms with Crippen molar-refractivity contribution < 1.29 is 9.53 Å². The highest BCUT2D eigenvalue weighted by molar-refractivity contribution is 7.98. The highest BCUT2D eigenvalue weighted by Crippen LogP contribution is 2.12. The number of aromatic nitrogens is 1. The highest BCUT2D eigenvalue weighted by atomic mass is 32.2. The van der Waals surface area contributed by atoms with E-state index in [-0.39, 0.29) is 5.91 Å². The van der Waals surface area contributed by atoms with Gasteiger partial charge in [0.2, 0.25) is 11.8 Å². The molecular formula is C12H19N3O2S. The van der Waals surface area contributed by atoms with Crippen molar-refractivity contribution in [2.45, 2.75) is 19.4 Å². The Kier molecular flexibility index (Phi) is 6.53. The molecule has 100 valence electrons. The molecule has 0 bridgehead atoms. The predicted octanol–water partition coefficient (Wildman–Crippen LogP) is 1.50. The Labute approximate surface area is 111 Å². The van der Waals surface area contributed by atoms with Gasteiger partial charge in [-0.25, -0.2) is 4.98 Å². The lowest BCUT2D eigenvalue weighted by atomic mass is 10.2. The van der Waals surface area contributed by atoms with Crippen LogP contribution >= 0.6 is 11.8 Å². The van der Waals surface area contributed by atoms with Gasteiger partial charge in [0.15, 0.2) is 0 Å². The van der Waals surface area contributed by atoms with Gasteiger partial charge in [0.05, 0.1) is 24.5 Å². The van der Waals surface area contributed by atoms with Crippen molar-refractivity contribution in [1.82, 2.24) is 4.98 Å². The van der Waals surface area contributed by atoms with Crippen molar-refractivity contribution in [3.05, 3.63) is 18.3 Å². The number of pyridine rings is 1. The van der Waals surface area contributed by atoms with Gasteiger partial charge in [-0.1, -0.05) is 0 Å². The molecule has 6 heteroatoms. The summed E-state index contributed by atoms with van der Waals surface area (Å²) >= 11 is 1.67. The zero-order valence-corrected chi connectivity index (χ0v) is 11.5. The van der Waals surface area contributed by atoms with Crippen molar-refractivity contribution in [1.29, 1.82) is 0 Å². The molecule has 0 aliphatic rings. The van der Waals surface area contributed by atoms with E-state index >= 15 is 0 Å². The first-order chi connectivity index (χ1) is 8.67. The van der Waals surface area contributed by atoms with E-state index in [0.717, 1.165) is 5.75 Å². The van der Waals surface area contributed by atoms with Crippen molar-refractivity contribution in [2.75, 3.05) is 23.9 Å². The molecule has 0 radical (unpaired) electrons. The summed E-state index contributed by atoms with van der Waals surface area (Å²) in [5.41, 5.74) is 6.39. The Morgan fingerprint density at radius 2 is 2.39 bits per heavy atom. The van der Waals surface area contributed by atoms with Crippen LogP contribution in [0.5, 0.6) is 5.88 Å². The molecule has 0 fully saturated rings. The second-order valence-electron chi connectivity index (χ2n) is 3.70. The Bertz CT molecular complexity index is 370. The van der Waals surface area contributed by atoms with Gasteiger partial charge < -0.3 is 15.8 Å². The number of carbonyl (C=O) groups excluding carboxylic acids is 1. The molecule has 0 unspecified atom stereocenters. The zero-order valence-electron chi connectivity index (χ0n) is 10.7. The molecule has 5 nitrogen and oxygen atoms in total. The number of anilines is 1. The first-order valence-electron chi connectivity index (χ1n) is 5.81. The minimum Gasteiger partial charge on any atom is -0.478 e. The molecule has 0 saturated carbocycles. The summed E-state index contributed by atoms with van der Waals surface area (Å²) in [6, 6.07) is 2.98. The third-order valence-electron chi connectivity index (χ3n) is 2.27. The van der Waals surface area contributed by atoms with Crippen LogP contribution in [0.3, 0.4) is 0 Å². The van der Waals surface area contributed by atoms with Crippen LogP contribution in [0.25, 0.3) is 0 Å². The van der Waals surface area contributed by atoms with Gasteiger partial charge in [0.25, 0.3) is 0 Å². The summed E-state index contributed by atoms with van der Waals surface area (Å²) in [7, 11) is 0. The Morgan fingerprint density at radius 3 is 2.94 bits per heavy atom. The maximum Gasteiger partial charge on any atom is 0.241 e. The van der Waals surface area contributed by atoms with Gasteiger partial charge in [0.1, 0.15) is 0 Å². The van der Waals surface area contributed by atoms with Gasteiger partial charge in [0, 0.05) is 6.07 Å². The third-order valence-corrected chi connectivity index (χ3v) is 2.91. The molecule has 1 aromatic rings. The van der Waals surface area contributed by atoms with E-state index in [1.54, 1.807) is 30.1 Å². The topological polar surface area (TPSA) is 77.2 Å². The van der Waals surface area contributed by atoms with E-state index in [2.05, 4.69) is 10.3 Å². The molecule has 0 aliphatic heterocycles. The summed E-state index contributed by atoms with van der Waals surface area (Å²) in [6.07, 6.45) is 4.21. The second-order valence-corrected chi connectivity index (χ2v) is 4.68. The largest absolute Gasteiger partial charge is 0.478 e. The molecule has 0 aliphatic carbocycles. The van der Waals surface area contributed by atoms with Crippen molar-refractivity contribution in [2.24, 2.45) is 5.73 Å². The summed E-state index contributed by atoms with van der Waals surface area (Å²) in [5, 5.41) is 2.73. The quantitative estimate of drug-likeness (QED) is 0.784. The number of thioether (sulfide) groups is 1. The Morgan fingerprint density at radius 1 is 1.61 bits per heavy atom. The molecule has 0 aromatic carbocycles. The standard InChI is InChI=1S/C12H19N3O2S/c1-3-17-11-5-4-9(8-14-11)15-12(16)10(13)6-7-18-2/h4-5,8,10H,3,6-7,13H2,1-2H3,(H,15,16)/t10-/m1/s1. The minimum absolute atomic E-state index is 0.185. The fraction of sp³-hybridized carbons (Fsp3) is 0.500. The van der Waals surface area contributed by atoms with E-state index in [1.165, 1.54) is 0 Å². The Balaban J connectivity index is 2.48. The first-order valence-corrected chi connectivity index (χ1v) is 7.21. The molecule has 1 rings (SSSR count). The molecule has 0 spiro atoms. The second kappa shape index (κ2) is 7.94. The monoisotopic (exact) mass is 269 g/mol. The lowest BCUT2D eigenvalue weighted by Crippen LogP contribution is -2.36. The molecule has 1 atom stereocenters. The fourth-order valence-electron chi connectivity index (χ4n) is 1.30. The number of nitrogens with one attached hydrogen (secondary N) is 1. The Hall–Kier alpha value is -1.27. The van der Waals surface area contributed by atoms with E-state index in [1.807, 2.05) is 13.2 Å². The van der Waals surface area contributed by atoms with Crippen LogP contribution in [0.2, 0.25) is 0 Å². The van der Waals surface area contributed by atoms with Gasteiger partial charge in [-0.3, -0.25) is 4.79 Å². The molecule has 0 saturated heterocycles. The van der Waals surface area contributed by atoms with E-state index < -0.39 is 6.04 Å². The fourth-order valence-corrected chi connectivity index (χ4v) is 1.79. The van der Waals surface area contributed by atoms with E-state index in [9.17, 15) is 4.79 Å². The maximum atomic E-state index is 11.7. The van der Waals surface area contributed by atoms with Crippen molar-refractivity contribution >= 4 is 23.4 Å². The van der Waals surface area contributed by atoms with Gasteiger partial charge >= 0.3 is 0 Å². The van der Waals surface area contributed by atoms with Crippen LogP contribution in [-0.4, -0.2) is 35.5 Å². The van der Waals surface area contributed by atoms with Crippen LogP contribution in [-0.2, 0) is 4.79 Å². The number of carbonyl (C=O) groups is 1. The molecule has 1 aromatic heterocycles. The number of rotatable bonds is 7. The normalized spacial score (nSPS) is 11.9. The van der Waals surface area contributed by atoms with Crippen LogP contribution in [0.15, 0.2) is 18.3 Å². The number of amides is 1. The number of hydrogen-bond acceptors (Lipinski definition) is 5. The van der Waals surface area contributed by atoms with Crippen LogP contribution < -0.4 is 15.8 Å². The smallest absolute Gasteiger partial charge is 0.241 e. The third kappa shape index (κ3) is 4.93. The van der Waals surface area contributed by atoms with E-state index in [0.29, 0.717) is 24.6 Å². The SMILES string of the molecule is CCOc1ccc(NC(=O)[C@H](N)CCSC)cn1. The maximum absolute atomic E-state index is 11.7. The minimum atomic E-state index is -0.482. The zero-order chi connectivity index (χ0) is 13.4. The number of hydrogen-bond donors (Lipinski definition) is 2. The lowest BCUT2D eigenvalue weighted by molar-refractivity contribution is -0.117. The number of nitrogens with two attached hydrogens (primary N) is 1. The molecule has 18 heavy (non-hydrogen) atoms. The van der Waals surface area contributed by atoms with Crippen molar-refractivity contribution in [3.63, 3.8) is 0 Å². The van der Waals surface area contributed by atoms with Crippen LogP contribution in [0, 0.1) is 0 Å². The van der Waals surface area contributed by atoms with E-state index in [4.69, 9.17) is 10.5 Å². The lowest BCUT2D eigenvalue weighted by Gasteiger charge is -2.11. The molecule has 1 heterocycles. The summed E-state index contributed by atoms with van der Waals surface area (Å²) < 4.78 is 5.22. The van der Waals surface area contributed by atoms with Crippen molar-refractivity contribution in [3.8, 4) is 5.88 Å². The predicted molar refractivity (Wildman–Crippen MR) is 75.0 cm³/mol. The molecule has 1 amide bonds. The summed E-state index contributed by atoms with van der Waals surface area (Å²) in [5.74, 6) is 1.23. The van der Waals surface area contributed by atoms with Gasteiger partial charge in [-0.05, 0) is 31.4 Å². The number of ether oxygens (including phenoxy) is 1. The first kappa shape index (κ1) is 14.8. The van der Waals surface area contributed by atoms with Gasteiger partial charge in [-0.15, -0.1) is 0 Å². The van der Waals surface area contributed by atoms with Crippen LogP contribution in [0.1, 0.15) is 13.3 Å². The highest BCUT2D eigenvalue weighted by Gasteiger charge is 2.12.